The lowest BCUT2D eigenvalue weighted by atomic mass is 10.1. The van der Waals surface area contributed by atoms with Crippen molar-refractivity contribution in [2.24, 2.45) is 0 Å². The highest BCUT2D eigenvalue weighted by atomic mass is 32.2. The normalized spacial score (nSPS) is 19.3. The molecule has 1 fully saturated rings. The summed E-state index contributed by atoms with van der Waals surface area (Å²) in [6.45, 7) is 3.76. The number of hydrogen-bond acceptors (Lipinski definition) is 5. The number of allylic oxidation sites excluding steroid dienone is 1. The Morgan fingerprint density at radius 1 is 1.30 bits per heavy atom. The number of aryl methyl sites for hydroxylation is 1. The zero-order valence-corrected chi connectivity index (χ0v) is 16.0. The van der Waals surface area contributed by atoms with E-state index in [-0.39, 0.29) is 29.1 Å². The standard InChI is InChI=1S/C20H20N2O4S/c1-13-17(14(2)22(21-13)16-9-10-27(24,25)12-16)7-8-18(23)20-11-15-5-3-4-6-19(15)26-20/h3-8,11,16H,9-10,12H2,1-2H3. The number of benzene rings is 1. The van der Waals surface area contributed by atoms with Gasteiger partial charge in [0.2, 0.25) is 5.78 Å². The van der Waals surface area contributed by atoms with E-state index < -0.39 is 9.84 Å². The molecule has 0 spiro atoms. The summed E-state index contributed by atoms with van der Waals surface area (Å²) in [5.74, 6) is 0.389. The highest BCUT2D eigenvalue weighted by Crippen LogP contribution is 2.27. The van der Waals surface area contributed by atoms with Gasteiger partial charge in [-0.25, -0.2) is 8.42 Å². The van der Waals surface area contributed by atoms with Crippen molar-refractivity contribution in [1.82, 2.24) is 9.78 Å². The molecule has 0 amide bonds. The molecular formula is C20H20N2O4S. The van der Waals surface area contributed by atoms with Crippen LogP contribution in [0.3, 0.4) is 0 Å². The minimum absolute atomic E-state index is 0.121. The molecule has 2 aromatic heterocycles. The zero-order valence-electron chi connectivity index (χ0n) is 15.2. The summed E-state index contributed by atoms with van der Waals surface area (Å²) < 4.78 is 30.9. The SMILES string of the molecule is Cc1nn(C2CCS(=O)(=O)C2)c(C)c1C=CC(=O)c1cc2ccccc2o1. The number of carbonyl (C=O) groups is 1. The molecule has 7 heteroatoms. The molecule has 3 heterocycles. The number of aromatic nitrogens is 2. The Labute approximate surface area is 157 Å². The summed E-state index contributed by atoms with van der Waals surface area (Å²) in [5.41, 5.74) is 3.15. The maximum atomic E-state index is 12.5. The van der Waals surface area contributed by atoms with Gasteiger partial charge in [-0.3, -0.25) is 9.48 Å². The summed E-state index contributed by atoms with van der Waals surface area (Å²) in [7, 11) is -2.98. The number of sulfone groups is 1. The third-order valence-corrected chi connectivity index (χ3v) is 6.76. The number of rotatable bonds is 4. The lowest BCUT2D eigenvalue weighted by molar-refractivity contribution is 0.102. The molecular weight excluding hydrogens is 364 g/mol. The van der Waals surface area contributed by atoms with Crippen molar-refractivity contribution in [3.05, 3.63) is 59.1 Å². The van der Waals surface area contributed by atoms with E-state index in [0.717, 1.165) is 22.3 Å². The van der Waals surface area contributed by atoms with Crippen LogP contribution in [0.25, 0.3) is 17.0 Å². The van der Waals surface area contributed by atoms with Crippen LogP contribution in [0.1, 0.15) is 40.0 Å². The number of fused-ring (bicyclic) bond motifs is 1. The van der Waals surface area contributed by atoms with Crippen LogP contribution in [0.4, 0.5) is 0 Å². The first-order valence-corrected chi connectivity index (χ1v) is 10.6. The van der Waals surface area contributed by atoms with Gasteiger partial charge in [-0.05, 0) is 44.6 Å². The zero-order chi connectivity index (χ0) is 19.2. The van der Waals surface area contributed by atoms with Crippen LogP contribution in [0.5, 0.6) is 0 Å². The van der Waals surface area contributed by atoms with Crippen molar-refractivity contribution in [3.63, 3.8) is 0 Å². The largest absolute Gasteiger partial charge is 0.453 e. The van der Waals surface area contributed by atoms with Gasteiger partial charge >= 0.3 is 0 Å². The lowest BCUT2D eigenvalue weighted by Gasteiger charge is -2.10. The lowest BCUT2D eigenvalue weighted by Crippen LogP contribution is -2.13. The number of para-hydroxylation sites is 1. The molecule has 27 heavy (non-hydrogen) atoms. The summed E-state index contributed by atoms with van der Waals surface area (Å²) in [6, 6.07) is 9.07. The topological polar surface area (TPSA) is 82.2 Å². The van der Waals surface area contributed by atoms with Gasteiger partial charge in [0.25, 0.3) is 0 Å². The maximum Gasteiger partial charge on any atom is 0.221 e. The molecule has 0 N–H and O–H groups in total. The highest BCUT2D eigenvalue weighted by Gasteiger charge is 2.31. The van der Waals surface area contributed by atoms with Gasteiger partial charge in [-0.1, -0.05) is 18.2 Å². The van der Waals surface area contributed by atoms with Crippen molar-refractivity contribution in [2.45, 2.75) is 26.3 Å². The number of carbonyl (C=O) groups excluding carboxylic acids is 1. The van der Waals surface area contributed by atoms with Crippen LogP contribution in [0, 0.1) is 13.8 Å². The Morgan fingerprint density at radius 2 is 2.07 bits per heavy atom. The molecule has 1 aliphatic heterocycles. The first kappa shape index (κ1) is 17.7. The number of furan rings is 1. The van der Waals surface area contributed by atoms with E-state index in [2.05, 4.69) is 5.10 Å². The third kappa shape index (κ3) is 3.35. The van der Waals surface area contributed by atoms with E-state index in [1.165, 1.54) is 6.08 Å². The smallest absolute Gasteiger partial charge is 0.221 e. The number of hydrogen-bond donors (Lipinski definition) is 0. The Kier molecular flexibility index (Phi) is 4.26. The monoisotopic (exact) mass is 384 g/mol. The molecule has 0 radical (unpaired) electrons. The summed E-state index contributed by atoms with van der Waals surface area (Å²) >= 11 is 0. The minimum atomic E-state index is -2.98. The third-order valence-electron chi connectivity index (χ3n) is 5.00. The Hall–Kier alpha value is -2.67. The van der Waals surface area contributed by atoms with Crippen molar-refractivity contribution < 1.29 is 17.6 Å². The summed E-state index contributed by atoms with van der Waals surface area (Å²) in [6.07, 6.45) is 3.78. The van der Waals surface area contributed by atoms with Gasteiger partial charge in [0, 0.05) is 16.6 Å². The predicted molar refractivity (Wildman–Crippen MR) is 104 cm³/mol. The summed E-state index contributed by atoms with van der Waals surface area (Å²) in [4.78, 5) is 12.5. The molecule has 3 aromatic rings. The van der Waals surface area contributed by atoms with Crippen LogP contribution < -0.4 is 0 Å². The van der Waals surface area contributed by atoms with E-state index >= 15 is 0 Å². The molecule has 1 aromatic carbocycles. The van der Waals surface area contributed by atoms with Gasteiger partial charge in [0.1, 0.15) is 5.58 Å². The van der Waals surface area contributed by atoms with E-state index in [9.17, 15) is 13.2 Å². The number of nitrogens with zero attached hydrogens (tertiary/aromatic N) is 2. The second kappa shape index (κ2) is 6.49. The first-order valence-electron chi connectivity index (χ1n) is 8.81. The van der Waals surface area contributed by atoms with Gasteiger partial charge < -0.3 is 4.42 Å². The van der Waals surface area contributed by atoms with E-state index in [1.807, 2.05) is 38.1 Å². The average molecular weight is 384 g/mol. The van der Waals surface area contributed by atoms with Crippen molar-refractivity contribution in [3.8, 4) is 0 Å². The highest BCUT2D eigenvalue weighted by molar-refractivity contribution is 7.91. The van der Waals surface area contributed by atoms with Crippen LogP contribution in [-0.4, -0.2) is 35.5 Å². The Morgan fingerprint density at radius 3 is 2.78 bits per heavy atom. The fourth-order valence-corrected chi connectivity index (χ4v) is 5.28. The van der Waals surface area contributed by atoms with Gasteiger partial charge in [0.15, 0.2) is 15.6 Å². The molecule has 0 bridgehead atoms. The molecule has 0 saturated carbocycles. The molecule has 140 valence electrons. The quantitative estimate of drug-likeness (QED) is 0.508. The van der Waals surface area contributed by atoms with Crippen molar-refractivity contribution >= 4 is 32.7 Å². The van der Waals surface area contributed by atoms with E-state index in [4.69, 9.17) is 4.42 Å². The molecule has 6 nitrogen and oxygen atoms in total. The van der Waals surface area contributed by atoms with E-state index in [0.29, 0.717) is 12.0 Å². The van der Waals surface area contributed by atoms with Crippen LogP contribution >= 0.6 is 0 Å². The number of ketones is 1. The Balaban J connectivity index is 1.59. The molecule has 1 aliphatic rings. The van der Waals surface area contributed by atoms with Gasteiger partial charge in [-0.15, -0.1) is 0 Å². The molecule has 4 rings (SSSR count). The summed E-state index contributed by atoms with van der Waals surface area (Å²) in [5, 5.41) is 5.40. The second-order valence-corrected chi connectivity index (χ2v) is 9.16. The van der Waals surface area contributed by atoms with Crippen LogP contribution in [0.2, 0.25) is 0 Å². The predicted octanol–water partition coefficient (Wildman–Crippen LogP) is 3.50. The molecule has 1 atom stereocenters. The van der Waals surface area contributed by atoms with Crippen molar-refractivity contribution in [2.75, 3.05) is 11.5 Å². The molecule has 1 saturated heterocycles. The Bertz CT molecular complexity index is 1140. The fraction of sp³-hybridized carbons (Fsp3) is 0.300. The van der Waals surface area contributed by atoms with Gasteiger partial charge in [-0.2, -0.15) is 5.10 Å². The molecule has 1 unspecified atom stereocenters. The molecule has 0 aliphatic carbocycles. The van der Waals surface area contributed by atoms with E-state index in [1.54, 1.807) is 16.8 Å². The fourth-order valence-electron chi connectivity index (χ4n) is 3.59. The average Bonchev–Trinajstić information content (AvgIpc) is 3.29. The van der Waals surface area contributed by atoms with Gasteiger partial charge in [0.05, 0.1) is 23.2 Å². The van der Waals surface area contributed by atoms with Crippen molar-refractivity contribution in [1.29, 1.82) is 0 Å². The van der Waals surface area contributed by atoms with Crippen LogP contribution in [0.15, 0.2) is 40.8 Å². The maximum absolute atomic E-state index is 12.5. The van der Waals surface area contributed by atoms with Crippen LogP contribution in [-0.2, 0) is 9.84 Å². The minimum Gasteiger partial charge on any atom is -0.453 e. The second-order valence-electron chi connectivity index (χ2n) is 6.93. The first-order chi connectivity index (χ1) is 12.8.